The fraction of sp³-hybridized carbons (Fsp3) is 0.182. The summed E-state index contributed by atoms with van der Waals surface area (Å²) in [5.41, 5.74) is 8.76. The van der Waals surface area contributed by atoms with Gasteiger partial charge in [-0.15, -0.1) is 0 Å². The van der Waals surface area contributed by atoms with Crippen LogP contribution >= 0.6 is 0 Å². The van der Waals surface area contributed by atoms with Crippen LogP contribution in [-0.4, -0.2) is 33.3 Å². The number of halogens is 3. The second kappa shape index (κ2) is 5.78. The molecule has 0 unspecified atom stereocenters. The number of aromatic nitrogens is 3. The van der Waals surface area contributed by atoms with Crippen LogP contribution in [0.5, 0.6) is 0 Å². The molecule has 2 aromatic rings. The Labute approximate surface area is 121 Å². The summed E-state index contributed by atoms with van der Waals surface area (Å²) in [4.78, 5) is 18.4. The summed E-state index contributed by atoms with van der Waals surface area (Å²) in [7, 11) is 0. The Morgan fingerprint density at radius 2 is 2.14 bits per heavy atom. The van der Waals surface area contributed by atoms with Crippen molar-refractivity contribution in [2.45, 2.75) is 6.18 Å². The Balaban J connectivity index is 2.23. The molecule has 0 aliphatic heterocycles. The van der Waals surface area contributed by atoms with E-state index in [-0.39, 0.29) is 5.82 Å². The van der Waals surface area contributed by atoms with Gasteiger partial charge in [-0.1, -0.05) is 11.8 Å². The van der Waals surface area contributed by atoms with Gasteiger partial charge in [-0.25, -0.2) is 20.5 Å². The molecular formula is C11H10F3N7O. The number of nitrogens with one attached hydrogen (secondary N) is 2. The van der Waals surface area contributed by atoms with Crippen molar-refractivity contribution in [3.8, 4) is 11.8 Å². The average molecular weight is 313 g/mol. The summed E-state index contributed by atoms with van der Waals surface area (Å²) in [5, 5.41) is 2.03. The lowest BCUT2D eigenvalue weighted by atomic mass is 10.2. The number of hydrazine groups is 1. The van der Waals surface area contributed by atoms with E-state index in [2.05, 4.69) is 27.3 Å². The van der Waals surface area contributed by atoms with Gasteiger partial charge >= 0.3 is 12.1 Å². The van der Waals surface area contributed by atoms with E-state index in [9.17, 15) is 18.0 Å². The molecule has 8 nitrogen and oxygen atoms in total. The maximum absolute atomic E-state index is 12.0. The Bertz CT molecular complexity index is 772. The highest BCUT2D eigenvalue weighted by molar-refractivity contribution is 5.92. The zero-order valence-corrected chi connectivity index (χ0v) is 10.9. The Kier molecular flexibility index (Phi) is 4.04. The molecule has 2 heterocycles. The van der Waals surface area contributed by atoms with Crippen LogP contribution < -0.4 is 22.4 Å². The molecule has 2 rings (SSSR count). The van der Waals surface area contributed by atoms with Crippen LogP contribution in [-0.2, 0) is 4.79 Å². The summed E-state index contributed by atoms with van der Waals surface area (Å²) in [6.45, 7) is -0.478. The standard InChI is InChI=1S/C11H10F3N7O/c12-11(13,14)10(22)17-3-1-2-6-4-21(20-16)9-7(6)8(15)18-5-19-9/h4-5,20H,3,16H2,(H,17,22)(H2,15,18,19). The lowest BCUT2D eigenvalue weighted by molar-refractivity contribution is -0.173. The van der Waals surface area contributed by atoms with E-state index in [4.69, 9.17) is 11.6 Å². The van der Waals surface area contributed by atoms with Crippen molar-refractivity contribution in [1.82, 2.24) is 20.0 Å². The zero-order chi connectivity index (χ0) is 16.3. The minimum Gasteiger partial charge on any atom is -0.383 e. The number of rotatable bonds is 2. The lowest BCUT2D eigenvalue weighted by Crippen LogP contribution is -2.36. The van der Waals surface area contributed by atoms with Gasteiger partial charge in [0.1, 0.15) is 12.1 Å². The number of carbonyl (C=O) groups excluding carboxylic acids is 1. The number of nitrogens with two attached hydrogens (primary N) is 2. The molecule has 0 saturated carbocycles. The van der Waals surface area contributed by atoms with Gasteiger partial charge in [0.2, 0.25) is 0 Å². The van der Waals surface area contributed by atoms with Crippen molar-refractivity contribution in [3.63, 3.8) is 0 Å². The molecule has 0 saturated heterocycles. The first-order valence-corrected chi connectivity index (χ1v) is 5.76. The number of nitrogen functional groups attached to an aromatic ring is 2. The maximum atomic E-state index is 12.0. The van der Waals surface area contributed by atoms with Gasteiger partial charge in [-0.3, -0.25) is 10.3 Å². The lowest BCUT2D eigenvalue weighted by Gasteiger charge is -2.03. The number of hydrogen-bond donors (Lipinski definition) is 4. The van der Waals surface area contributed by atoms with Crippen molar-refractivity contribution in [2.75, 3.05) is 17.8 Å². The first-order chi connectivity index (χ1) is 10.3. The minimum atomic E-state index is -4.94. The molecule has 0 aromatic carbocycles. The first-order valence-electron chi connectivity index (χ1n) is 5.76. The largest absolute Gasteiger partial charge is 0.471 e. The third-order valence-electron chi connectivity index (χ3n) is 2.57. The van der Waals surface area contributed by atoms with Gasteiger partial charge in [0.05, 0.1) is 17.5 Å². The van der Waals surface area contributed by atoms with E-state index in [1.165, 1.54) is 17.2 Å². The van der Waals surface area contributed by atoms with Gasteiger partial charge in [0, 0.05) is 6.20 Å². The fourth-order valence-electron chi connectivity index (χ4n) is 1.64. The molecule has 116 valence electrons. The number of fused-ring (bicyclic) bond motifs is 1. The van der Waals surface area contributed by atoms with Gasteiger partial charge in [-0.2, -0.15) is 13.2 Å². The van der Waals surface area contributed by atoms with E-state index in [1.54, 1.807) is 5.32 Å². The molecule has 0 spiro atoms. The van der Waals surface area contributed by atoms with Gasteiger partial charge in [-0.05, 0) is 0 Å². The number of carbonyl (C=O) groups is 1. The van der Waals surface area contributed by atoms with E-state index in [0.717, 1.165) is 0 Å². The van der Waals surface area contributed by atoms with E-state index in [0.29, 0.717) is 16.6 Å². The molecule has 11 heteroatoms. The third kappa shape index (κ3) is 3.01. The maximum Gasteiger partial charge on any atom is 0.471 e. The van der Waals surface area contributed by atoms with Crippen molar-refractivity contribution in [2.24, 2.45) is 5.84 Å². The molecule has 1 amide bonds. The second-order valence-electron chi connectivity index (χ2n) is 3.98. The highest BCUT2D eigenvalue weighted by Gasteiger charge is 2.38. The zero-order valence-electron chi connectivity index (χ0n) is 10.9. The van der Waals surface area contributed by atoms with Crippen LogP contribution in [0.15, 0.2) is 12.5 Å². The number of hydrogen-bond acceptors (Lipinski definition) is 6. The highest BCUT2D eigenvalue weighted by atomic mass is 19.4. The molecule has 0 aliphatic rings. The molecule has 2 aromatic heterocycles. The fourth-order valence-corrected chi connectivity index (χ4v) is 1.64. The van der Waals surface area contributed by atoms with E-state index in [1.807, 2.05) is 0 Å². The summed E-state index contributed by atoms with van der Waals surface area (Å²) in [6, 6.07) is 0. The molecule has 0 bridgehead atoms. The minimum absolute atomic E-state index is 0.141. The smallest absolute Gasteiger partial charge is 0.383 e. The Morgan fingerprint density at radius 1 is 1.41 bits per heavy atom. The van der Waals surface area contributed by atoms with Crippen molar-refractivity contribution >= 4 is 22.8 Å². The average Bonchev–Trinajstić information content (AvgIpc) is 2.81. The second-order valence-corrected chi connectivity index (χ2v) is 3.98. The predicted octanol–water partition coefficient (Wildman–Crippen LogP) is -0.539. The van der Waals surface area contributed by atoms with Crippen molar-refractivity contribution < 1.29 is 18.0 Å². The van der Waals surface area contributed by atoms with Gasteiger partial charge < -0.3 is 11.1 Å². The number of anilines is 1. The van der Waals surface area contributed by atoms with Crippen LogP contribution in [0, 0.1) is 11.8 Å². The Hall–Kier alpha value is -3.00. The monoisotopic (exact) mass is 313 g/mol. The van der Waals surface area contributed by atoms with Crippen LogP contribution in [0.4, 0.5) is 19.0 Å². The molecule has 0 atom stereocenters. The molecule has 0 aliphatic carbocycles. The molecule has 22 heavy (non-hydrogen) atoms. The van der Waals surface area contributed by atoms with Crippen molar-refractivity contribution in [3.05, 3.63) is 18.1 Å². The van der Waals surface area contributed by atoms with Crippen LogP contribution in [0.2, 0.25) is 0 Å². The van der Waals surface area contributed by atoms with E-state index >= 15 is 0 Å². The molecule has 0 fully saturated rings. The quantitative estimate of drug-likeness (QED) is 0.335. The number of alkyl halides is 3. The van der Waals surface area contributed by atoms with Crippen LogP contribution in [0.25, 0.3) is 11.0 Å². The summed E-state index contributed by atoms with van der Waals surface area (Å²) in [6.07, 6.45) is -2.26. The summed E-state index contributed by atoms with van der Waals surface area (Å²) >= 11 is 0. The molecule has 0 radical (unpaired) electrons. The summed E-state index contributed by atoms with van der Waals surface area (Å²) in [5.74, 6) is 8.35. The highest BCUT2D eigenvalue weighted by Crippen LogP contribution is 2.21. The third-order valence-corrected chi connectivity index (χ3v) is 2.57. The SMILES string of the molecule is NNn1cc(C#CCNC(=O)C(F)(F)F)c2c(N)ncnc21. The first kappa shape index (κ1) is 15.4. The molecule has 6 N–H and O–H groups in total. The van der Waals surface area contributed by atoms with Gasteiger partial charge in [0.15, 0.2) is 5.65 Å². The van der Waals surface area contributed by atoms with Gasteiger partial charge in [0.25, 0.3) is 0 Å². The van der Waals surface area contributed by atoms with Crippen molar-refractivity contribution in [1.29, 1.82) is 0 Å². The normalized spacial score (nSPS) is 10.9. The van der Waals surface area contributed by atoms with E-state index < -0.39 is 18.6 Å². The Morgan fingerprint density at radius 3 is 2.77 bits per heavy atom. The van der Waals surface area contributed by atoms with Crippen LogP contribution in [0.1, 0.15) is 5.56 Å². The predicted molar refractivity (Wildman–Crippen MR) is 71.4 cm³/mol. The topological polar surface area (TPSA) is 124 Å². The number of amides is 1. The number of nitrogens with zero attached hydrogens (tertiary/aromatic N) is 3. The van der Waals surface area contributed by atoms with Crippen LogP contribution in [0.3, 0.4) is 0 Å². The summed E-state index contributed by atoms with van der Waals surface area (Å²) < 4.78 is 37.3. The molecular weight excluding hydrogens is 303 g/mol.